The van der Waals surface area contributed by atoms with E-state index in [2.05, 4.69) is 0 Å². The van der Waals surface area contributed by atoms with Crippen molar-refractivity contribution in [1.82, 2.24) is 0 Å². The fourth-order valence-electron chi connectivity index (χ4n) is 2.37. The third-order valence-corrected chi connectivity index (χ3v) is 4.90. The summed E-state index contributed by atoms with van der Waals surface area (Å²) in [7, 11) is -3.82. The Labute approximate surface area is 129 Å². The van der Waals surface area contributed by atoms with Crippen LogP contribution in [-0.2, 0) is 16.5 Å². The summed E-state index contributed by atoms with van der Waals surface area (Å²) in [5.41, 5.74) is 2.51. The maximum absolute atomic E-state index is 12.4. The fourth-order valence-corrected chi connectivity index (χ4v) is 3.46. The van der Waals surface area contributed by atoms with Crippen LogP contribution >= 0.6 is 0 Å². The molecule has 0 amide bonds. The first-order valence-electron chi connectivity index (χ1n) is 6.82. The van der Waals surface area contributed by atoms with Gasteiger partial charge in [-0.25, -0.2) is 0 Å². The van der Waals surface area contributed by atoms with E-state index in [0.717, 1.165) is 11.1 Å². The molecule has 110 valence electrons. The van der Waals surface area contributed by atoms with Crippen molar-refractivity contribution in [1.29, 1.82) is 5.26 Å². The summed E-state index contributed by atoms with van der Waals surface area (Å²) in [5, 5.41) is 8.74. The molecule has 1 aliphatic rings. The van der Waals surface area contributed by atoms with Crippen LogP contribution in [0, 0.1) is 11.3 Å². The van der Waals surface area contributed by atoms with Crippen LogP contribution in [0.15, 0.2) is 53.4 Å². The van der Waals surface area contributed by atoms with E-state index in [1.54, 1.807) is 6.08 Å². The second-order valence-corrected chi connectivity index (χ2v) is 6.58. The van der Waals surface area contributed by atoms with Gasteiger partial charge in [-0.15, -0.1) is 0 Å². The lowest BCUT2D eigenvalue weighted by atomic mass is 9.98. The number of aryl methyl sites for hydroxylation is 1. The first-order chi connectivity index (χ1) is 10.6. The van der Waals surface area contributed by atoms with Crippen LogP contribution < -0.4 is 4.18 Å². The number of allylic oxidation sites excluding steroid dienone is 1. The molecule has 0 bridgehead atoms. The molecule has 0 N–H and O–H groups in total. The van der Waals surface area contributed by atoms with Crippen LogP contribution in [0.5, 0.6) is 5.75 Å². The number of hydrogen-bond acceptors (Lipinski definition) is 4. The van der Waals surface area contributed by atoms with E-state index in [1.165, 1.54) is 24.3 Å². The van der Waals surface area contributed by atoms with E-state index in [4.69, 9.17) is 9.44 Å². The van der Waals surface area contributed by atoms with Crippen LogP contribution in [0.1, 0.15) is 23.1 Å². The minimum atomic E-state index is -3.82. The molecule has 0 fully saturated rings. The molecule has 0 aliphatic heterocycles. The molecule has 22 heavy (non-hydrogen) atoms. The van der Waals surface area contributed by atoms with Crippen molar-refractivity contribution < 1.29 is 12.6 Å². The Balaban J connectivity index is 1.87. The lowest BCUT2D eigenvalue weighted by molar-refractivity contribution is 0.491. The fraction of sp³-hybridized carbons (Fsp3) is 0.118. The van der Waals surface area contributed by atoms with Crippen LogP contribution in [0.2, 0.25) is 0 Å². The van der Waals surface area contributed by atoms with Gasteiger partial charge in [0.1, 0.15) is 5.75 Å². The SMILES string of the molecule is N#Cc1ccc(OS(=O)(=O)C2=Cc3ccccc3CC2)cc1. The average Bonchev–Trinajstić information content (AvgIpc) is 2.55. The van der Waals surface area contributed by atoms with Crippen molar-refractivity contribution in [2.75, 3.05) is 0 Å². The highest BCUT2D eigenvalue weighted by Crippen LogP contribution is 2.28. The maximum Gasteiger partial charge on any atom is 0.335 e. The molecular weight excluding hydrogens is 298 g/mol. The third kappa shape index (κ3) is 2.87. The number of benzene rings is 2. The summed E-state index contributed by atoms with van der Waals surface area (Å²) in [6, 6.07) is 15.7. The van der Waals surface area contributed by atoms with Crippen molar-refractivity contribution in [3.05, 3.63) is 70.1 Å². The molecule has 0 heterocycles. The van der Waals surface area contributed by atoms with E-state index >= 15 is 0 Å². The lowest BCUT2D eigenvalue weighted by Crippen LogP contribution is -2.15. The molecule has 2 aromatic carbocycles. The molecule has 2 aromatic rings. The highest BCUT2D eigenvalue weighted by Gasteiger charge is 2.23. The minimum absolute atomic E-state index is 0.207. The van der Waals surface area contributed by atoms with Crippen LogP contribution in [0.25, 0.3) is 6.08 Å². The predicted molar refractivity (Wildman–Crippen MR) is 83.4 cm³/mol. The normalized spacial score (nSPS) is 13.7. The van der Waals surface area contributed by atoms with Crippen molar-refractivity contribution >= 4 is 16.2 Å². The van der Waals surface area contributed by atoms with Gasteiger partial charge in [-0.05, 0) is 54.3 Å². The number of fused-ring (bicyclic) bond motifs is 1. The summed E-state index contributed by atoms with van der Waals surface area (Å²) in [4.78, 5) is 0.274. The topological polar surface area (TPSA) is 67.2 Å². The monoisotopic (exact) mass is 311 g/mol. The summed E-state index contributed by atoms with van der Waals surface area (Å²) in [5.74, 6) is 0.207. The van der Waals surface area contributed by atoms with E-state index in [0.29, 0.717) is 18.4 Å². The Kier molecular flexibility index (Phi) is 3.70. The number of rotatable bonds is 3. The molecule has 0 unspecified atom stereocenters. The number of hydrogen-bond donors (Lipinski definition) is 0. The van der Waals surface area contributed by atoms with Gasteiger partial charge < -0.3 is 4.18 Å². The number of nitriles is 1. The predicted octanol–water partition coefficient (Wildman–Crippen LogP) is 3.25. The standard InChI is InChI=1S/C17H13NO3S/c18-12-13-5-8-16(9-6-13)21-22(19,20)17-10-7-14-3-1-2-4-15(14)11-17/h1-6,8-9,11H,7,10H2. The van der Waals surface area contributed by atoms with Gasteiger partial charge in [0, 0.05) is 0 Å². The van der Waals surface area contributed by atoms with Gasteiger partial charge in [0.15, 0.2) is 0 Å². The zero-order valence-corrected chi connectivity index (χ0v) is 12.5. The van der Waals surface area contributed by atoms with Gasteiger partial charge in [0.05, 0.1) is 16.5 Å². The molecule has 0 saturated carbocycles. The van der Waals surface area contributed by atoms with Crippen molar-refractivity contribution in [3.8, 4) is 11.8 Å². The lowest BCUT2D eigenvalue weighted by Gasteiger charge is -2.16. The second kappa shape index (κ2) is 5.66. The van der Waals surface area contributed by atoms with Crippen molar-refractivity contribution in [2.45, 2.75) is 12.8 Å². The maximum atomic E-state index is 12.4. The van der Waals surface area contributed by atoms with Gasteiger partial charge in [0.25, 0.3) is 0 Å². The van der Waals surface area contributed by atoms with E-state index in [-0.39, 0.29) is 10.7 Å². The van der Waals surface area contributed by atoms with Crippen LogP contribution in [-0.4, -0.2) is 8.42 Å². The van der Waals surface area contributed by atoms with E-state index < -0.39 is 10.1 Å². The largest absolute Gasteiger partial charge is 0.379 e. The highest BCUT2D eigenvalue weighted by atomic mass is 32.2. The molecule has 0 saturated heterocycles. The average molecular weight is 311 g/mol. The third-order valence-electron chi connectivity index (χ3n) is 3.52. The Morgan fingerprint density at radius 2 is 1.73 bits per heavy atom. The molecule has 0 spiro atoms. The van der Waals surface area contributed by atoms with Gasteiger partial charge >= 0.3 is 10.1 Å². The minimum Gasteiger partial charge on any atom is -0.379 e. The Bertz CT molecular complexity index is 875. The Morgan fingerprint density at radius 3 is 2.45 bits per heavy atom. The molecule has 0 aromatic heterocycles. The molecule has 1 aliphatic carbocycles. The smallest absolute Gasteiger partial charge is 0.335 e. The van der Waals surface area contributed by atoms with Gasteiger partial charge in [-0.3, -0.25) is 0 Å². The van der Waals surface area contributed by atoms with Gasteiger partial charge in [-0.1, -0.05) is 24.3 Å². The first-order valence-corrected chi connectivity index (χ1v) is 8.22. The molecule has 4 nitrogen and oxygen atoms in total. The summed E-state index contributed by atoms with van der Waals surface area (Å²) < 4.78 is 29.9. The quantitative estimate of drug-likeness (QED) is 0.816. The van der Waals surface area contributed by atoms with Crippen molar-refractivity contribution in [3.63, 3.8) is 0 Å². The van der Waals surface area contributed by atoms with E-state index in [1.807, 2.05) is 30.3 Å². The van der Waals surface area contributed by atoms with Gasteiger partial charge in [0.2, 0.25) is 0 Å². The molecular formula is C17H13NO3S. The second-order valence-electron chi connectivity index (χ2n) is 4.98. The summed E-state index contributed by atoms with van der Waals surface area (Å²) >= 11 is 0. The zero-order valence-electron chi connectivity index (χ0n) is 11.7. The zero-order chi connectivity index (χ0) is 15.6. The highest BCUT2D eigenvalue weighted by molar-refractivity contribution is 7.91. The summed E-state index contributed by atoms with van der Waals surface area (Å²) in [6.45, 7) is 0. The Hall–Kier alpha value is -2.58. The van der Waals surface area contributed by atoms with Gasteiger partial charge in [-0.2, -0.15) is 13.7 Å². The molecule has 5 heteroatoms. The number of nitrogens with zero attached hydrogens (tertiary/aromatic N) is 1. The molecule has 0 radical (unpaired) electrons. The van der Waals surface area contributed by atoms with Crippen LogP contribution in [0.3, 0.4) is 0 Å². The van der Waals surface area contributed by atoms with Crippen LogP contribution in [0.4, 0.5) is 0 Å². The molecule has 0 atom stereocenters. The van der Waals surface area contributed by atoms with E-state index in [9.17, 15) is 8.42 Å². The van der Waals surface area contributed by atoms with Crippen molar-refractivity contribution in [2.24, 2.45) is 0 Å². The molecule has 3 rings (SSSR count). The first kappa shape index (κ1) is 14.4. The summed E-state index contributed by atoms with van der Waals surface area (Å²) in [6.07, 6.45) is 2.77. The Morgan fingerprint density at radius 1 is 1.00 bits per heavy atom.